The van der Waals surface area contributed by atoms with E-state index in [0.717, 1.165) is 30.6 Å². The van der Waals surface area contributed by atoms with Gasteiger partial charge in [-0.1, -0.05) is 38.5 Å². The SMILES string of the molecule is CCCCN(C)S(=O)(=O)c1ccc(C(=O)N(CCN(CC)CC)c2nc3c(OC)ccc(OC)c3s2)cc1.Cl. The van der Waals surface area contributed by atoms with Gasteiger partial charge < -0.3 is 14.4 Å². The number of likely N-dealkylation sites (N-methyl/N-ethyl adjacent to an activating group) is 1. The first kappa shape index (κ1) is 32.8. The zero-order valence-corrected chi connectivity index (χ0v) is 25.9. The zero-order valence-electron chi connectivity index (χ0n) is 23.5. The van der Waals surface area contributed by atoms with Gasteiger partial charge in [0.15, 0.2) is 5.13 Å². The van der Waals surface area contributed by atoms with Crippen LogP contribution in [-0.4, -0.2) is 82.5 Å². The lowest BCUT2D eigenvalue weighted by molar-refractivity contribution is 0.0983. The molecular formula is C27H39ClN4O5S2. The number of hydrogen-bond donors (Lipinski definition) is 0. The van der Waals surface area contributed by atoms with Gasteiger partial charge in [0.2, 0.25) is 10.0 Å². The summed E-state index contributed by atoms with van der Waals surface area (Å²) < 4.78 is 39.0. The number of methoxy groups -OCH3 is 2. The van der Waals surface area contributed by atoms with Crippen LogP contribution in [0.2, 0.25) is 0 Å². The molecule has 39 heavy (non-hydrogen) atoms. The van der Waals surface area contributed by atoms with Gasteiger partial charge in [-0.3, -0.25) is 9.69 Å². The summed E-state index contributed by atoms with van der Waals surface area (Å²) in [5, 5.41) is 0.524. The number of amides is 1. The molecule has 0 radical (unpaired) electrons. The second kappa shape index (κ2) is 14.8. The lowest BCUT2D eigenvalue weighted by atomic mass is 10.2. The van der Waals surface area contributed by atoms with E-state index in [9.17, 15) is 13.2 Å². The van der Waals surface area contributed by atoms with E-state index in [1.54, 1.807) is 44.4 Å². The molecule has 9 nitrogen and oxygen atoms in total. The molecule has 0 saturated carbocycles. The number of rotatable bonds is 14. The Bertz CT molecular complexity index is 1290. The molecule has 2 aromatic carbocycles. The van der Waals surface area contributed by atoms with Gasteiger partial charge in [0.1, 0.15) is 21.7 Å². The Hall–Kier alpha value is -2.44. The lowest BCUT2D eigenvalue weighted by Gasteiger charge is -2.25. The van der Waals surface area contributed by atoms with E-state index in [0.29, 0.717) is 47.3 Å². The van der Waals surface area contributed by atoms with Gasteiger partial charge in [0, 0.05) is 32.2 Å². The number of sulfonamides is 1. The maximum atomic E-state index is 13.8. The summed E-state index contributed by atoms with van der Waals surface area (Å²) in [7, 11) is 1.13. The predicted octanol–water partition coefficient (Wildman–Crippen LogP) is 5.14. The van der Waals surface area contributed by atoms with Gasteiger partial charge in [-0.25, -0.2) is 17.7 Å². The fourth-order valence-corrected chi connectivity index (χ4v) is 6.37. The average Bonchev–Trinajstić information content (AvgIpc) is 3.38. The summed E-state index contributed by atoms with van der Waals surface area (Å²) in [4.78, 5) is 22.6. The minimum atomic E-state index is -3.62. The molecule has 0 aliphatic carbocycles. The van der Waals surface area contributed by atoms with Gasteiger partial charge in [-0.2, -0.15) is 0 Å². The molecule has 0 bridgehead atoms. The number of fused-ring (bicyclic) bond motifs is 1. The molecule has 0 fully saturated rings. The highest BCUT2D eigenvalue weighted by molar-refractivity contribution is 7.89. The topological polar surface area (TPSA) is 92.3 Å². The molecule has 0 saturated heterocycles. The van der Waals surface area contributed by atoms with Crippen molar-refractivity contribution >= 4 is 55.0 Å². The minimum absolute atomic E-state index is 0. The summed E-state index contributed by atoms with van der Waals surface area (Å²) in [6.45, 7) is 9.44. The first-order valence-corrected chi connectivity index (χ1v) is 15.1. The second-order valence-corrected chi connectivity index (χ2v) is 11.9. The summed E-state index contributed by atoms with van der Waals surface area (Å²) in [5.74, 6) is 1.00. The van der Waals surface area contributed by atoms with E-state index in [4.69, 9.17) is 14.5 Å². The first-order chi connectivity index (χ1) is 18.2. The summed E-state index contributed by atoms with van der Waals surface area (Å²) >= 11 is 1.36. The van der Waals surface area contributed by atoms with E-state index >= 15 is 0 Å². The summed E-state index contributed by atoms with van der Waals surface area (Å²) in [5.41, 5.74) is 1.02. The maximum Gasteiger partial charge on any atom is 0.260 e. The molecule has 1 aromatic heterocycles. The Labute approximate surface area is 242 Å². The predicted molar refractivity (Wildman–Crippen MR) is 161 cm³/mol. The Morgan fingerprint density at radius 2 is 1.54 bits per heavy atom. The fourth-order valence-electron chi connectivity index (χ4n) is 4.06. The number of ether oxygens (including phenoxy) is 2. The quantitative estimate of drug-likeness (QED) is 0.253. The van der Waals surface area contributed by atoms with Gasteiger partial charge in [0.05, 0.1) is 19.1 Å². The fraction of sp³-hybridized carbons (Fsp3) is 0.481. The van der Waals surface area contributed by atoms with Crippen molar-refractivity contribution < 1.29 is 22.7 Å². The molecule has 0 aliphatic rings. The van der Waals surface area contributed by atoms with Gasteiger partial charge in [-0.05, 0) is 55.9 Å². The Kier molecular flexibility index (Phi) is 12.4. The number of unbranched alkanes of at least 4 members (excludes halogenated alkanes) is 1. The number of thiazole rings is 1. The molecule has 0 N–H and O–H groups in total. The van der Waals surface area contributed by atoms with E-state index in [-0.39, 0.29) is 23.2 Å². The second-order valence-electron chi connectivity index (χ2n) is 8.83. The molecule has 3 rings (SSSR count). The van der Waals surface area contributed by atoms with Crippen LogP contribution in [0.5, 0.6) is 11.5 Å². The minimum Gasteiger partial charge on any atom is -0.495 e. The first-order valence-electron chi connectivity index (χ1n) is 12.8. The van der Waals surface area contributed by atoms with Crippen molar-refractivity contribution in [2.75, 3.05) is 58.9 Å². The highest BCUT2D eigenvalue weighted by Crippen LogP contribution is 2.40. The van der Waals surface area contributed by atoms with Crippen LogP contribution in [0.25, 0.3) is 10.2 Å². The van der Waals surface area contributed by atoms with Crippen LogP contribution in [0, 0.1) is 0 Å². The van der Waals surface area contributed by atoms with Crippen LogP contribution >= 0.6 is 23.7 Å². The number of aromatic nitrogens is 1. The zero-order chi connectivity index (χ0) is 27.9. The molecule has 0 aliphatic heterocycles. The third kappa shape index (κ3) is 7.40. The highest BCUT2D eigenvalue weighted by Gasteiger charge is 2.25. The van der Waals surface area contributed by atoms with Crippen molar-refractivity contribution in [3.05, 3.63) is 42.0 Å². The van der Waals surface area contributed by atoms with Crippen LogP contribution < -0.4 is 14.4 Å². The number of anilines is 1. The van der Waals surface area contributed by atoms with Crippen LogP contribution in [0.15, 0.2) is 41.3 Å². The van der Waals surface area contributed by atoms with E-state index < -0.39 is 10.0 Å². The average molecular weight is 599 g/mol. The van der Waals surface area contributed by atoms with Crippen molar-refractivity contribution in [3.8, 4) is 11.5 Å². The molecule has 12 heteroatoms. The molecule has 1 heterocycles. The Balaban J connectivity index is 0.00000533. The molecule has 0 spiro atoms. The van der Waals surface area contributed by atoms with Gasteiger partial charge >= 0.3 is 0 Å². The smallest absolute Gasteiger partial charge is 0.260 e. The van der Waals surface area contributed by atoms with Crippen molar-refractivity contribution in [3.63, 3.8) is 0 Å². The number of carbonyl (C=O) groups is 1. The molecule has 0 atom stereocenters. The van der Waals surface area contributed by atoms with Crippen LogP contribution in [0.3, 0.4) is 0 Å². The molecule has 1 amide bonds. The van der Waals surface area contributed by atoms with Crippen LogP contribution in [-0.2, 0) is 10.0 Å². The van der Waals surface area contributed by atoms with Crippen molar-refractivity contribution in [1.29, 1.82) is 0 Å². The largest absolute Gasteiger partial charge is 0.495 e. The molecular weight excluding hydrogens is 560 g/mol. The molecule has 3 aromatic rings. The van der Waals surface area contributed by atoms with E-state index in [2.05, 4.69) is 18.7 Å². The summed E-state index contributed by atoms with van der Waals surface area (Å²) in [6.07, 6.45) is 1.69. The highest BCUT2D eigenvalue weighted by atomic mass is 35.5. The number of halogens is 1. The Morgan fingerprint density at radius 1 is 0.923 bits per heavy atom. The lowest BCUT2D eigenvalue weighted by Crippen LogP contribution is -2.38. The molecule has 216 valence electrons. The Morgan fingerprint density at radius 3 is 2.10 bits per heavy atom. The molecule has 0 unspecified atom stereocenters. The number of carbonyl (C=O) groups excluding carboxylic acids is 1. The van der Waals surface area contributed by atoms with Crippen LogP contribution in [0.1, 0.15) is 44.0 Å². The number of hydrogen-bond acceptors (Lipinski definition) is 8. The summed E-state index contributed by atoms with van der Waals surface area (Å²) in [6, 6.07) is 9.75. The van der Waals surface area contributed by atoms with E-state index in [1.807, 2.05) is 13.0 Å². The number of benzene rings is 2. The van der Waals surface area contributed by atoms with Crippen molar-refractivity contribution in [1.82, 2.24) is 14.2 Å². The monoisotopic (exact) mass is 598 g/mol. The third-order valence-electron chi connectivity index (χ3n) is 6.55. The van der Waals surface area contributed by atoms with Gasteiger partial charge in [-0.15, -0.1) is 12.4 Å². The number of nitrogens with zero attached hydrogens (tertiary/aromatic N) is 4. The van der Waals surface area contributed by atoms with Crippen molar-refractivity contribution in [2.24, 2.45) is 0 Å². The normalized spacial score (nSPS) is 11.6. The third-order valence-corrected chi connectivity index (χ3v) is 9.51. The van der Waals surface area contributed by atoms with Gasteiger partial charge in [0.25, 0.3) is 5.91 Å². The van der Waals surface area contributed by atoms with E-state index in [1.165, 1.54) is 27.8 Å². The van der Waals surface area contributed by atoms with Crippen molar-refractivity contribution in [2.45, 2.75) is 38.5 Å². The maximum absolute atomic E-state index is 13.8. The van der Waals surface area contributed by atoms with Crippen LogP contribution in [0.4, 0.5) is 5.13 Å². The standard InChI is InChI=1S/C27H38N4O5S2.ClH/c1-7-10-17-29(4)38(33,34)21-13-11-20(12-14-21)26(32)31(19-18-30(8-2)9-3)27-28-24-22(35-5)15-16-23(36-6)25(24)37-27;/h11-16H,7-10,17-19H2,1-6H3;1H.